The number of carbonyl (C=O) groups excluding carboxylic acids is 3. The van der Waals surface area contributed by atoms with E-state index in [0.717, 1.165) is 68.7 Å². The number of likely N-dealkylation sites (N-methyl/N-ethyl adjacent to an activating group) is 1. The number of hydrogen-bond donors (Lipinski definition) is 3. The lowest BCUT2D eigenvalue weighted by Gasteiger charge is -2.44. The summed E-state index contributed by atoms with van der Waals surface area (Å²) >= 11 is 0. The number of likely N-dealkylation sites (tertiary alicyclic amines) is 1. The van der Waals surface area contributed by atoms with Crippen LogP contribution in [-0.4, -0.2) is 98.6 Å². The number of rotatable bonds is 15. The number of ether oxygens (including phenoxy) is 1. The van der Waals surface area contributed by atoms with Crippen LogP contribution >= 0.6 is 0 Å². The minimum atomic E-state index is -0.768. The fourth-order valence-electron chi connectivity index (χ4n) is 7.41. The molecule has 5 heterocycles. The molecule has 3 aromatic heterocycles. The summed E-state index contributed by atoms with van der Waals surface area (Å²) in [6, 6.07) is 13.2. The van der Waals surface area contributed by atoms with Gasteiger partial charge in [-0.15, -0.1) is 0 Å². The van der Waals surface area contributed by atoms with Gasteiger partial charge >= 0.3 is 0 Å². The first-order valence-corrected chi connectivity index (χ1v) is 18.8. The molecule has 2 saturated heterocycles. The predicted octanol–water partition coefficient (Wildman–Crippen LogP) is 3.98. The van der Waals surface area contributed by atoms with Crippen LogP contribution in [-0.2, 0) is 9.59 Å². The fourth-order valence-corrected chi connectivity index (χ4v) is 7.41. The molecule has 0 saturated carbocycles. The number of halogens is 1. The van der Waals surface area contributed by atoms with E-state index in [1.165, 1.54) is 24.0 Å². The summed E-state index contributed by atoms with van der Waals surface area (Å²) in [5.41, 5.74) is 10.5. The van der Waals surface area contributed by atoms with Gasteiger partial charge in [0.05, 0.1) is 30.3 Å². The Labute approximate surface area is 324 Å². The Hall–Kier alpha value is -6.16. The van der Waals surface area contributed by atoms with Crippen molar-refractivity contribution >= 4 is 29.6 Å². The molecule has 2 fully saturated rings. The smallest absolute Gasteiger partial charge is 0.252 e. The number of nitrogens with zero attached hydrogens (tertiary/aromatic N) is 8. The van der Waals surface area contributed by atoms with E-state index in [9.17, 15) is 18.8 Å². The third-order valence-corrected chi connectivity index (χ3v) is 10.5. The summed E-state index contributed by atoms with van der Waals surface area (Å²) < 4.78 is 22.6. The number of aromatic nitrogens is 6. The minimum Gasteiger partial charge on any atom is -0.482 e. The van der Waals surface area contributed by atoms with Gasteiger partial charge in [0.2, 0.25) is 5.91 Å². The normalized spacial score (nSPS) is 16.2. The lowest BCUT2D eigenvalue weighted by molar-refractivity contribution is -0.122. The number of anilines is 2. The summed E-state index contributed by atoms with van der Waals surface area (Å²) in [7, 11) is 1.51. The van der Waals surface area contributed by atoms with E-state index < -0.39 is 18.0 Å². The second-order valence-corrected chi connectivity index (χ2v) is 14.3. The molecule has 2 atom stereocenters. The van der Waals surface area contributed by atoms with Crippen LogP contribution in [0.5, 0.6) is 5.75 Å². The van der Waals surface area contributed by atoms with Crippen LogP contribution in [0.15, 0.2) is 79.5 Å². The van der Waals surface area contributed by atoms with Crippen LogP contribution in [0, 0.1) is 11.7 Å². The topological polar surface area (TPSA) is 178 Å². The van der Waals surface area contributed by atoms with Gasteiger partial charge in [-0.25, -0.2) is 9.37 Å². The predicted molar refractivity (Wildman–Crippen MR) is 208 cm³/mol. The van der Waals surface area contributed by atoms with Crippen molar-refractivity contribution in [1.82, 2.24) is 45.3 Å². The van der Waals surface area contributed by atoms with Crippen LogP contribution in [0.2, 0.25) is 0 Å². The van der Waals surface area contributed by atoms with E-state index >= 15 is 0 Å². The molecule has 4 N–H and O–H groups in total. The Balaban J connectivity index is 0.900. The first kappa shape index (κ1) is 38.1. The van der Waals surface area contributed by atoms with Gasteiger partial charge in [-0.2, -0.15) is 20.1 Å². The molecular weight excluding hydrogens is 718 g/mol. The zero-order valence-corrected chi connectivity index (χ0v) is 31.4. The summed E-state index contributed by atoms with van der Waals surface area (Å²) in [4.78, 5) is 46.6. The molecule has 0 radical (unpaired) electrons. The maximum absolute atomic E-state index is 14.3. The average Bonchev–Trinajstić information content (AvgIpc) is 3.92. The number of benzene rings is 2. The number of piperidine rings is 1. The molecule has 56 heavy (non-hydrogen) atoms. The number of nitrogens with one attached hydrogen (secondary N) is 2. The van der Waals surface area contributed by atoms with Gasteiger partial charge in [-0.3, -0.25) is 14.3 Å². The molecule has 16 heteroatoms. The van der Waals surface area contributed by atoms with Crippen LogP contribution in [0.3, 0.4) is 0 Å². The molecule has 0 spiro atoms. The van der Waals surface area contributed by atoms with Crippen molar-refractivity contribution in [2.24, 2.45) is 5.92 Å². The Bertz CT molecular complexity index is 2150. The summed E-state index contributed by atoms with van der Waals surface area (Å²) in [5, 5.41) is 18.4. The van der Waals surface area contributed by atoms with Crippen molar-refractivity contribution in [3.63, 3.8) is 0 Å². The highest BCUT2D eigenvalue weighted by molar-refractivity contribution is 5.98. The molecule has 0 bridgehead atoms. The lowest BCUT2D eigenvalue weighted by Crippen LogP contribution is -2.52. The van der Waals surface area contributed by atoms with Crippen LogP contribution < -0.4 is 26.0 Å². The molecule has 2 aromatic carbocycles. The third kappa shape index (κ3) is 8.70. The number of hydrogen-bond acceptors (Lipinski definition) is 11. The van der Waals surface area contributed by atoms with Gasteiger partial charge in [0.15, 0.2) is 11.6 Å². The van der Waals surface area contributed by atoms with Gasteiger partial charge < -0.3 is 35.7 Å². The molecule has 2 unspecified atom stereocenters. The van der Waals surface area contributed by atoms with Gasteiger partial charge in [0.25, 0.3) is 5.91 Å². The van der Waals surface area contributed by atoms with Crippen molar-refractivity contribution in [2.75, 3.05) is 50.4 Å². The molecule has 2 aliphatic heterocycles. The van der Waals surface area contributed by atoms with Gasteiger partial charge in [-0.05, 0) is 68.7 Å². The first-order valence-electron chi connectivity index (χ1n) is 18.8. The van der Waals surface area contributed by atoms with Gasteiger partial charge in [0.1, 0.15) is 24.2 Å². The van der Waals surface area contributed by atoms with Crippen molar-refractivity contribution < 1.29 is 23.5 Å². The summed E-state index contributed by atoms with van der Waals surface area (Å²) in [6.07, 6.45) is 11.2. The maximum Gasteiger partial charge on any atom is 0.252 e. The van der Waals surface area contributed by atoms with Crippen LogP contribution in [0.1, 0.15) is 60.7 Å². The zero-order chi connectivity index (χ0) is 39.2. The fraction of sp³-hybridized carbons (Fsp3) is 0.375. The summed E-state index contributed by atoms with van der Waals surface area (Å²) in [6.45, 7) is 6.56. The van der Waals surface area contributed by atoms with E-state index in [1.54, 1.807) is 30.7 Å². The number of nitrogen functional groups attached to an aromatic ring is 1. The standard InChI is InChI=1S/C40H46FN11O4/c1-26(34-19-31(41)8-9-36(34)52-45-12-13-46-52)56-37-18-29(20-44-38(37)42)30-21-47-51(25-30)32-10-14-49(15-11-32)22-27-23-50(24-27)33-6-3-5-28(17-33)39(54)48-35(7-4-16-53)40(55)43-2/h3,5-6,8-9,12-13,16-21,25-27,32,35H,4,7,10-11,14-15,22-24H2,1-2H3,(H2,42,44)(H,43,55)(H,48,54). The highest BCUT2D eigenvalue weighted by Gasteiger charge is 2.31. The summed E-state index contributed by atoms with van der Waals surface area (Å²) in [5.74, 6) is 0.0589. The van der Waals surface area contributed by atoms with Gasteiger partial charge in [-0.1, -0.05) is 6.07 Å². The molecule has 292 valence electrons. The molecule has 2 amide bonds. The first-order chi connectivity index (χ1) is 27.2. The highest BCUT2D eigenvalue weighted by Crippen LogP contribution is 2.34. The molecule has 7 rings (SSSR count). The van der Waals surface area contributed by atoms with E-state index in [-0.39, 0.29) is 36.5 Å². The Morgan fingerprint density at radius 2 is 1.82 bits per heavy atom. The lowest BCUT2D eigenvalue weighted by atomic mass is 9.96. The number of pyridine rings is 1. The SMILES string of the molecule is CNC(=O)C(CCC=O)NC(=O)c1cccc(N2CC(CN3CCC(n4cc(-c5cnc(N)c(OC(C)c6cc(F)ccc6-n6nccn6)c5)cn4)CC3)C2)c1. The largest absolute Gasteiger partial charge is 0.482 e. The Morgan fingerprint density at radius 3 is 2.57 bits per heavy atom. The molecular formula is C40H46FN11O4. The number of nitrogens with two attached hydrogens (primary N) is 1. The Kier molecular flexibility index (Phi) is 11.6. The van der Waals surface area contributed by atoms with Crippen molar-refractivity contribution in [3.8, 4) is 22.6 Å². The minimum absolute atomic E-state index is 0.186. The van der Waals surface area contributed by atoms with Crippen LogP contribution in [0.4, 0.5) is 15.9 Å². The third-order valence-electron chi connectivity index (χ3n) is 10.5. The number of amides is 2. The maximum atomic E-state index is 14.3. The second kappa shape index (κ2) is 17.1. The molecule has 5 aromatic rings. The Morgan fingerprint density at radius 1 is 1.04 bits per heavy atom. The average molecular weight is 764 g/mol. The van der Waals surface area contributed by atoms with E-state index in [4.69, 9.17) is 15.6 Å². The second-order valence-electron chi connectivity index (χ2n) is 14.3. The molecule has 2 aliphatic rings. The van der Waals surface area contributed by atoms with Crippen LogP contribution in [0.25, 0.3) is 16.8 Å². The van der Waals surface area contributed by atoms with Crippen molar-refractivity contribution in [3.05, 3.63) is 96.5 Å². The van der Waals surface area contributed by atoms with Crippen molar-refractivity contribution in [1.29, 1.82) is 0 Å². The zero-order valence-electron chi connectivity index (χ0n) is 31.4. The van der Waals surface area contributed by atoms with Gasteiger partial charge in [0, 0.05) is 92.4 Å². The van der Waals surface area contributed by atoms with Crippen molar-refractivity contribution in [2.45, 2.75) is 50.8 Å². The number of aldehydes is 1. The molecule has 0 aliphatic carbocycles. The highest BCUT2D eigenvalue weighted by atomic mass is 19.1. The monoisotopic (exact) mass is 763 g/mol. The quantitative estimate of drug-likeness (QED) is 0.131. The van der Waals surface area contributed by atoms with E-state index in [0.29, 0.717) is 28.5 Å². The number of carbonyl (C=O) groups is 3. The van der Waals surface area contributed by atoms with E-state index in [2.05, 4.69) is 35.6 Å². The molecule has 15 nitrogen and oxygen atoms in total. The van der Waals surface area contributed by atoms with E-state index in [1.807, 2.05) is 48.3 Å².